The standard InChI is InChI=1S/C20H21/c1-6-17(7-2)11-12-18-13-15-19(16-14-18)20(8-3,9-4)10-5/h6-16H,1-5H2. The van der Waals surface area contributed by atoms with Gasteiger partial charge < -0.3 is 0 Å². The van der Waals surface area contributed by atoms with Crippen LogP contribution in [0.2, 0.25) is 0 Å². The van der Waals surface area contributed by atoms with E-state index in [1.54, 1.807) is 12.2 Å². The van der Waals surface area contributed by atoms with Crippen LogP contribution in [0.1, 0.15) is 11.1 Å². The van der Waals surface area contributed by atoms with Gasteiger partial charge >= 0.3 is 0 Å². The van der Waals surface area contributed by atoms with Gasteiger partial charge in [0.2, 0.25) is 0 Å². The molecule has 0 N–H and O–H groups in total. The fourth-order valence-corrected chi connectivity index (χ4v) is 1.90. The molecule has 0 amide bonds. The first-order valence-corrected chi connectivity index (χ1v) is 6.47. The summed E-state index contributed by atoms with van der Waals surface area (Å²) in [6, 6.07) is 8.24. The second kappa shape index (κ2) is 7.30. The maximum Gasteiger partial charge on any atom is 0.0485 e. The summed E-state index contributed by atoms with van der Waals surface area (Å²) in [6.45, 7) is 19.1. The Morgan fingerprint density at radius 1 is 0.800 bits per heavy atom. The van der Waals surface area contributed by atoms with E-state index in [2.05, 4.69) is 57.2 Å². The molecule has 0 spiro atoms. The zero-order valence-electron chi connectivity index (χ0n) is 11.9. The molecule has 0 fully saturated rings. The maximum absolute atomic E-state index is 3.87. The first-order valence-electron chi connectivity index (χ1n) is 6.47. The van der Waals surface area contributed by atoms with Gasteiger partial charge in [-0.2, -0.15) is 0 Å². The summed E-state index contributed by atoms with van der Waals surface area (Å²) in [5, 5.41) is 0. The molecule has 0 atom stereocenters. The highest BCUT2D eigenvalue weighted by Gasteiger charge is 2.20. The Kier molecular flexibility index (Phi) is 5.74. The summed E-state index contributed by atoms with van der Waals surface area (Å²) in [5.74, 6) is 0.992. The Balaban J connectivity index is 3.02. The van der Waals surface area contributed by atoms with Crippen LogP contribution in [0.3, 0.4) is 0 Å². The van der Waals surface area contributed by atoms with E-state index in [4.69, 9.17) is 0 Å². The second-order valence-electron chi connectivity index (χ2n) is 4.41. The topological polar surface area (TPSA) is 0 Å². The fraction of sp³-hybridized carbons (Fsp3) is 0.0500. The van der Waals surface area contributed by atoms with Crippen molar-refractivity contribution in [3.63, 3.8) is 0 Å². The fourth-order valence-electron chi connectivity index (χ4n) is 1.90. The minimum absolute atomic E-state index is 0.373. The van der Waals surface area contributed by atoms with Crippen molar-refractivity contribution in [3.8, 4) is 0 Å². The molecule has 0 aromatic heterocycles. The molecule has 0 heterocycles. The zero-order valence-corrected chi connectivity index (χ0v) is 11.9. The van der Waals surface area contributed by atoms with Crippen LogP contribution < -0.4 is 0 Å². The summed E-state index contributed by atoms with van der Waals surface area (Å²) in [4.78, 5) is 0. The molecule has 1 aromatic rings. The third-order valence-corrected chi connectivity index (χ3v) is 3.36. The van der Waals surface area contributed by atoms with Gasteiger partial charge in [-0.05, 0) is 11.1 Å². The molecule has 1 aromatic carbocycles. The molecule has 0 aliphatic heterocycles. The van der Waals surface area contributed by atoms with Crippen molar-refractivity contribution in [3.05, 3.63) is 111 Å². The SMILES string of the molecule is C=C[C](C=C)C=Cc1ccc(C(C=C)(C=C)C=C)cc1. The molecule has 1 radical (unpaired) electrons. The average molecular weight is 261 g/mol. The summed E-state index contributed by atoms with van der Waals surface area (Å²) in [5.41, 5.74) is 1.84. The van der Waals surface area contributed by atoms with Crippen LogP contribution in [0, 0.1) is 5.92 Å². The molecule has 0 heteroatoms. The zero-order chi connectivity index (χ0) is 15.0. The van der Waals surface area contributed by atoms with E-state index < -0.39 is 0 Å². The quantitative estimate of drug-likeness (QED) is 0.546. The lowest BCUT2D eigenvalue weighted by molar-refractivity contribution is 0.864. The Morgan fingerprint density at radius 3 is 1.70 bits per heavy atom. The van der Waals surface area contributed by atoms with Gasteiger partial charge in [0.05, 0.1) is 0 Å². The third kappa shape index (κ3) is 3.36. The van der Waals surface area contributed by atoms with Crippen molar-refractivity contribution in [1.29, 1.82) is 0 Å². The van der Waals surface area contributed by atoms with E-state index in [0.29, 0.717) is 0 Å². The van der Waals surface area contributed by atoms with E-state index in [1.807, 2.05) is 30.4 Å². The minimum atomic E-state index is -0.373. The Labute approximate surface area is 122 Å². The molecule has 101 valence electrons. The van der Waals surface area contributed by atoms with Crippen molar-refractivity contribution in [2.45, 2.75) is 5.41 Å². The molecule has 0 saturated heterocycles. The second-order valence-corrected chi connectivity index (χ2v) is 4.41. The summed E-state index contributed by atoms with van der Waals surface area (Å²) in [6.07, 6.45) is 13.1. The van der Waals surface area contributed by atoms with Crippen LogP contribution in [-0.2, 0) is 5.41 Å². The van der Waals surface area contributed by atoms with Gasteiger partial charge in [-0.25, -0.2) is 0 Å². The molecule has 0 nitrogen and oxygen atoms in total. The van der Waals surface area contributed by atoms with Crippen LogP contribution >= 0.6 is 0 Å². The Bertz CT molecular complexity index is 496. The van der Waals surface area contributed by atoms with E-state index in [0.717, 1.165) is 17.0 Å². The highest BCUT2D eigenvalue weighted by molar-refractivity contribution is 5.56. The molecule has 0 bridgehead atoms. The van der Waals surface area contributed by atoms with Gasteiger partial charge in [0.25, 0.3) is 0 Å². The van der Waals surface area contributed by atoms with Crippen molar-refractivity contribution in [1.82, 2.24) is 0 Å². The molecule has 0 saturated carbocycles. The number of hydrogen-bond acceptors (Lipinski definition) is 0. The van der Waals surface area contributed by atoms with Gasteiger partial charge in [0.15, 0.2) is 0 Å². The lowest BCUT2D eigenvalue weighted by Gasteiger charge is -2.23. The van der Waals surface area contributed by atoms with Gasteiger partial charge in [0, 0.05) is 11.3 Å². The number of benzene rings is 1. The predicted octanol–water partition coefficient (Wildman–Crippen LogP) is 5.44. The summed E-state index contributed by atoms with van der Waals surface area (Å²) < 4.78 is 0. The molecular weight excluding hydrogens is 240 g/mol. The van der Waals surface area contributed by atoms with E-state index >= 15 is 0 Å². The van der Waals surface area contributed by atoms with Crippen molar-refractivity contribution >= 4 is 6.08 Å². The maximum atomic E-state index is 3.87. The first-order chi connectivity index (χ1) is 9.65. The molecular formula is C20H21. The molecule has 20 heavy (non-hydrogen) atoms. The van der Waals surface area contributed by atoms with Crippen LogP contribution in [0.5, 0.6) is 0 Å². The van der Waals surface area contributed by atoms with Crippen molar-refractivity contribution in [2.75, 3.05) is 0 Å². The largest absolute Gasteiger partial charge is 0.102 e. The summed E-state index contributed by atoms with van der Waals surface area (Å²) in [7, 11) is 0. The van der Waals surface area contributed by atoms with Crippen LogP contribution in [0.25, 0.3) is 6.08 Å². The van der Waals surface area contributed by atoms with Gasteiger partial charge in [0.1, 0.15) is 0 Å². The molecule has 1 rings (SSSR count). The number of allylic oxidation sites excluding steroid dienone is 6. The van der Waals surface area contributed by atoms with Gasteiger partial charge in [-0.15, -0.1) is 32.9 Å². The Morgan fingerprint density at radius 2 is 1.30 bits per heavy atom. The Hall–Kier alpha value is -2.34. The predicted molar refractivity (Wildman–Crippen MR) is 91.4 cm³/mol. The first kappa shape index (κ1) is 15.7. The van der Waals surface area contributed by atoms with Crippen LogP contribution in [0.15, 0.2) is 93.6 Å². The highest BCUT2D eigenvalue weighted by Crippen LogP contribution is 2.28. The lowest BCUT2D eigenvalue weighted by Crippen LogP contribution is -2.16. The monoisotopic (exact) mass is 261 g/mol. The van der Waals surface area contributed by atoms with Gasteiger partial charge in [-0.3, -0.25) is 0 Å². The summed E-state index contributed by atoms with van der Waals surface area (Å²) >= 11 is 0. The van der Waals surface area contributed by atoms with E-state index in [9.17, 15) is 0 Å². The minimum Gasteiger partial charge on any atom is -0.102 e. The van der Waals surface area contributed by atoms with E-state index in [-0.39, 0.29) is 5.41 Å². The average Bonchev–Trinajstić information content (AvgIpc) is 2.52. The highest BCUT2D eigenvalue weighted by atomic mass is 14.2. The van der Waals surface area contributed by atoms with E-state index in [1.165, 1.54) is 0 Å². The smallest absolute Gasteiger partial charge is 0.0485 e. The number of hydrogen-bond donors (Lipinski definition) is 0. The molecule has 0 unspecified atom stereocenters. The van der Waals surface area contributed by atoms with Crippen LogP contribution in [-0.4, -0.2) is 0 Å². The normalized spacial score (nSPS) is 11.2. The lowest BCUT2D eigenvalue weighted by atomic mass is 9.80. The third-order valence-electron chi connectivity index (χ3n) is 3.36. The molecule has 0 aliphatic rings. The van der Waals surface area contributed by atoms with Gasteiger partial charge in [-0.1, -0.05) is 66.8 Å². The molecule has 0 aliphatic carbocycles. The number of rotatable bonds is 8. The van der Waals surface area contributed by atoms with Crippen LogP contribution in [0.4, 0.5) is 0 Å². The van der Waals surface area contributed by atoms with Crippen molar-refractivity contribution < 1.29 is 0 Å². The van der Waals surface area contributed by atoms with Crippen molar-refractivity contribution in [2.24, 2.45) is 0 Å².